The number of hydrogen-bond acceptors (Lipinski definition) is 3. The Morgan fingerprint density at radius 2 is 1.94 bits per heavy atom. The van der Waals surface area contributed by atoms with Crippen LogP contribution in [0.1, 0.15) is 32.6 Å². The van der Waals surface area contributed by atoms with Crippen molar-refractivity contribution in [2.24, 2.45) is 11.3 Å². The first kappa shape index (κ1) is 13.0. The molecule has 1 saturated heterocycles. The highest BCUT2D eigenvalue weighted by atomic mass is 16.1. The molecule has 0 bridgehead atoms. The standard InChI is InChI=1S/C14H26N2O/c1-12-8-16(9-13(12)15(2)3)10-14(11-17)6-4-5-7-14/h11-13H,4-10H2,1-3H3. The molecule has 2 aliphatic rings. The van der Waals surface area contributed by atoms with Gasteiger partial charge in [-0.15, -0.1) is 0 Å². The predicted molar refractivity (Wildman–Crippen MR) is 70.0 cm³/mol. The van der Waals surface area contributed by atoms with Gasteiger partial charge in [-0.2, -0.15) is 0 Å². The molecule has 0 N–H and O–H groups in total. The van der Waals surface area contributed by atoms with Crippen LogP contribution >= 0.6 is 0 Å². The molecule has 0 aromatic heterocycles. The third-order valence-electron chi connectivity index (χ3n) is 4.70. The quantitative estimate of drug-likeness (QED) is 0.696. The molecule has 98 valence electrons. The van der Waals surface area contributed by atoms with Gasteiger partial charge in [0.2, 0.25) is 0 Å². The number of likely N-dealkylation sites (tertiary alicyclic amines) is 1. The second-order valence-corrected chi connectivity index (χ2v) is 6.39. The molecule has 1 saturated carbocycles. The summed E-state index contributed by atoms with van der Waals surface area (Å²) < 4.78 is 0. The molecule has 2 atom stereocenters. The van der Waals surface area contributed by atoms with Crippen molar-refractivity contribution in [3.8, 4) is 0 Å². The molecule has 0 aromatic carbocycles. The fraction of sp³-hybridized carbons (Fsp3) is 0.929. The Labute approximate surface area is 105 Å². The molecule has 0 aromatic rings. The highest BCUT2D eigenvalue weighted by molar-refractivity contribution is 5.60. The number of carbonyl (C=O) groups excluding carboxylic acids is 1. The van der Waals surface area contributed by atoms with Crippen molar-refractivity contribution in [2.45, 2.75) is 38.6 Å². The number of hydrogen-bond donors (Lipinski definition) is 0. The lowest BCUT2D eigenvalue weighted by molar-refractivity contribution is -0.116. The van der Waals surface area contributed by atoms with Crippen molar-refractivity contribution in [1.82, 2.24) is 9.80 Å². The maximum Gasteiger partial charge on any atom is 0.127 e. The summed E-state index contributed by atoms with van der Waals surface area (Å²) in [6.07, 6.45) is 5.92. The SMILES string of the molecule is CC1CN(CC2(C=O)CCCC2)CC1N(C)C. The Morgan fingerprint density at radius 1 is 1.29 bits per heavy atom. The van der Waals surface area contributed by atoms with E-state index in [0.29, 0.717) is 6.04 Å². The number of rotatable bonds is 4. The summed E-state index contributed by atoms with van der Waals surface area (Å²) in [5.41, 5.74) is -0.0130. The minimum absolute atomic E-state index is 0.0130. The van der Waals surface area contributed by atoms with Gasteiger partial charge < -0.3 is 14.6 Å². The Morgan fingerprint density at radius 3 is 2.41 bits per heavy atom. The predicted octanol–water partition coefficient (Wildman–Crippen LogP) is 1.63. The average Bonchev–Trinajstić information content (AvgIpc) is 2.87. The largest absolute Gasteiger partial charge is 0.305 e. The maximum absolute atomic E-state index is 11.4. The van der Waals surface area contributed by atoms with Crippen LogP contribution in [0.25, 0.3) is 0 Å². The van der Waals surface area contributed by atoms with Gasteiger partial charge in [0.25, 0.3) is 0 Å². The van der Waals surface area contributed by atoms with E-state index < -0.39 is 0 Å². The van der Waals surface area contributed by atoms with Gasteiger partial charge in [-0.3, -0.25) is 0 Å². The van der Waals surface area contributed by atoms with Crippen molar-refractivity contribution in [1.29, 1.82) is 0 Å². The number of carbonyl (C=O) groups is 1. The Kier molecular flexibility index (Phi) is 3.88. The molecular weight excluding hydrogens is 212 g/mol. The zero-order valence-corrected chi connectivity index (χ0v) is 11.5. The third-order valence-corrected chi connectivity index (χ3v) is 4.70. The molecule has 3 heteroatoms. The van der Waals surface area contributed by atoms with Crippen LogP contribution in [0, 0.1) is 11.3 Å². The summed E-state index contributed by atoms with van der Waals surface area (Å²) >= 11 is 0. The Hall–Kier alpha value is -0.410. The van der Waals surface area contributed by atoms with Crippen LogP contribution in [0.15, 0.2) is 0 Å². The van der Waals surface area contributed by atoms with E-state index in [1.165, 1.54) is 19.1 Å². The summed E-state index contributed by atoms with van der Waals surface area (Å²) in [7, 11) is 4.32. The normalized spacial score (nSPS) is 33.4. The van der Waals surface area contributed by atoms with Crippen molar-refractivity contribution in [3.05, 3.63) is 0 Å². The minimum Gasteiger partial charge on any atom is -0.305 e. The van der Waals surface area contributed by atoms with Crippen molar-refractivity contribution < 1.29 is 4.79 Å². The number of aldehydes is 1. The second-order valence-electron chi connectivity index (χ2n) is 6.39. The van der Waals surface area contributed by atoms with Gasteiger partial charge in [-0.25, -0.2) is 0 Å². The summed E-state index contributed by atoms with van der Waals surface area (Å²) in [5.74, 6) is 0.718. The van der Waals surface area contributed by atoms with E-state index in [1.807, 2.05) is 0 Å². The van der Waals surface area contributed by atoms with Crippen molar-refractivity contribution >= 4 is 6.29 Å². The fourth-order valence-electron chi connectivity index (χ4n) is 3.69. The van der Waals surface area contributed by atoms with Crippen molar-refractivity contribution in [3.63, 3.8) is 0 Å². The van der Waals surface area contributed by atoms with Crippen LogP contribution < -0.4 is 0 Å². The summed E-state index contributed by atoms with van der Waals surface area (Å²) in [6, 6.07) is 0.653. The highest BCUT2D eigenvalue weighted by Crippen LogP contribution is 2.38. The molecule has 2 fully saturated rings. The lowest BCUT2D eigenvalue weighted by Gasteiger charge is -2.28. The lowest BCUT2D eigenvalue weighted by atomic mass is 9.87. The first-order valence-corrected chi connectivity index (χ1v) is 6.91. The lowest BCUT2D eigenvalue weighted by Crippen LogP contribution is -2.38. The van der Waals surface area contributed by atoms with Gasteiger partial charge in [0.15, 0.2) is 0 Å². The van der Waals surface area contributed by atoms with Gasteiger partial charge in [-0.05, 0) is 32.9 Å². The van der Waals surface area contributed by atoms with Gasteiger partial charge in [0.1, 0.15) is 6.29 Å². The highest BCUT2D eigenvalue weighted by Gasteiger charge is 2.39. The van der Waals surface area contributed by atoms with Crippen molar-refractivity contribution in [2.75, 3.05) is 33.7 Å². The van der Waals surface area contributed by atoms with E-state index in [9.17, 15) is 4.79 Å². The number of nitrogens with zero attached hydrogens (tertiary/aromatic N) is 2. The van der Waals surface area contributed by atoms with Gasteiger partial charge in [-0.1, -0.05) is 19.8 Å². The topological polar surface area (TPSA) is 23.6 Å². The smallest absolute Gasteiger partial charge is 0.127 e. The molecule has 1 aliphatic carbocycles. The summed E-state index contributed by atoms with van der Waals surface area (Å²) in [6.45, 7) is 5.60. The van der Waals surface area contributed by atoms with E-state index in [0.717, 1.165) is 38.4 Å². The fourth-order valence-corrected chi connectivity index (χ4v) is 3.69. The first-order valence-electron chi connectivity index (χ1n) is 6.91. The van der Waals surface area contributed by atoms with Crippen LogP contribution in [0.5, 0.6) is 0 Å². The minimum atomic E-state index is -0.0130. The summed E-state index contributed by atoms with van der Waals surface area (Å²) in [5, 5.41) is 0. The molecule has 2 rings (SSSR count). The monoisotopic (exact) mass is 238 g/mol. The Balaban J connectivity index is 1.94. The Bertz CT molecular complexity index is 271. The molecular formula is C14H26N2O. The molecule has 1 heterocycles. The van der Waals surface area contributed by atoms with Gasteiger partial charge in [0, 0.05) is 31.1 Å². The number of likely N-dealkylation sites (N-methyl/N-ethyl adjacent to an activating group) is 1. The molecule has 0 radical (unpaired) electrons. The molecule has 0 amide bonds. The van der Waals surface area contributed by atoms with E-state index in [1.54, 1.807) is 0 Å². The zero-order valence-electron chi connectivity index (χ0n) is 11.5. The van der Waals surface area contributed by atoms with E-state index in [-0.39, 0.29) is 5.41 Å². The second kappa shape index (κ2) is 5.07. The molecule has 1 aliphatic heterocycles. The van der Waals surface area contributed by atoms with Crippen LogP contribution in [0.2, 0.25) is 0 Å². The average molecular weight is 238 g/mol. The van der Waals surface area contributed by atoms with E-state index in [2.05, 4.69) is 30.8 Å². The van der Waals surface area contributed by atoms with Crippen LogP contribution in [0.3, 0.4) is 0 Å². The van der Waals surface area contributed by atoms with Gasteiger partial charge in [0.05, 0.1) is 0 Å². The van der Waals surface area contributed by atoms with E-state index >= 15 is 0 Å². The van der Waals surface area contributed by atoms with Crippen LogP contribution in [0.4, 0.5) is 0 Å². The first-order chi connectivity index (χ1) is 8.06. The zero-order chi connectivity index (χ0) is 12.5. The molecule has 3 nitrogen and oxygen atoms in total. The van der Waals surface area contributed by atoms with Crippen LogP contribution in [-0.4, -0.2) is 55.9 Å². The molecule has 2 unspecified atom stereocenters. The molecule has 0 spiro atoms. The van der Waals surface area contributed by atoms with E-state index in [4.69, 9.17) is 0 Å². The maximum atomic E-state index is 11.4. The van der Waals surface area contributed by atoms with Gasteiger partial charge >= 0.3 is 0 Å². The molecule has 17 heavy (non-hydrogen) atoms. The van der Waals surface area contributed by atoms with Crippen LogP contribution in [-0.2, 0) is 4.79 Å². The summed E-state index contributed by atoms with van der Waals surface area (Å²) in [4.78, 5) is 16.2. The third kappa shape index (κ3) is 2.71.